The maximum Gasteiger partial charge on any atom is 0.337 e. The molecule has 1 atom stereocenters. The Morgan fingerprint density at radius 1 is 1.38 bits per heavy atom. The highest BCUT2D eigenvalue weighted by atomic mass is 35.5. The number of aliphatic carboxylic acids is 1. The van der Waals surface area contributed by atoms with Gasteiger partial charge in [0.2, 0.25) is 5.91 Å². The van der Waals surface area contributed by atoms with E-state index in [-0.39, 0.29) is 6.54 Å². The first-order valence-corrected chi connectivity index (χ1v) is 8.59. The van der Waals surface area contributed by atoms with Crippen molar-refractivity contribution >= 4 is 52.0 Å². The largest absolute Gasteiger partial charge is 0.479 e. The van der Waals surface area contributed by atoms with E-state index >= 15 is 0 Å². The fourth-order valence-corrected chi connectivity index (χ4v) is 3.76. The van der Waals surface area contributed by atoms with Crippen LogP contribution in [0.4, 0.5) is 0 Å². The predicted octanol–water partition coefficient (Wildman–Crippen LogP) is 1.54. The first-order valence-electron chi connectivity index (χ1n) is 7.16. The average Bonchev–Trinajstić information content (AvgIpc) is 3.18. The maximum absolute atomic E-state index is 12.2. The maximum atomic E-state index is 12.2. The number of aromatic amines is 1. The second kappa shape index (κ2) is 6.74. The number of thioether (sulfide) groups is 1. The highest BCUT2D eigenvalue weighted by molar-refractivity contribution is 8.00. The highest BCUT2D eigenvalue weighted by Gasteiger charge is 2.34. The molecule has 1 aromatic heterocycles. The van der Waals surface area contributed by atoms with Crippen molar-refractivity contribution in [2.45, 2.75) is 5.37 Å². The summed E-state index contributed by atoms with van der Waals surface area (Å²) in [5.74, 6) is -1.33. The lowest BCUT2D eigenvalue weighted by molar-refractivity contribution is -0.145. The van der Waals surface area contributed by atoms with Crippen molar-refractivity contribution in [1.82, 2.24) is 15.2 Å². The summed E-state index contributed by atoms with van der Waals surface area (Å²) >= 11 is 7.10. The zero-order chi connectivity index (χ0) is 17.3. The molecule has 0 bridgehead atoms. The number of amides is 2. The topological polar surface area (TPSA) is 102 Å². The number of rotatable bonds is 4. The summed E-state index contributed by atoms with van der Waals surface area (Å²) in [5, 5.41) is 12.1. The number of carboxylic acid groups (broad SMARTS) is 1. The van der Waals surface area contributed by atoms with Crippen molar-refractivity contribution in [1.29, 1.82) is 0 Å². The van der Waals surface area contributed by atoms with E-state index in [0.29, 0.717) is 23.0 Å². The highest BCUT2D eigenvalue weighted by Crippen LogP contribution is 2.23. The lowest BCUT2D eigenvalue weighted by Gasteiger charge is -2.20. The van der Waals surface area contributed by atoms with Crippen molar-refractivity contribution in [2.24, 2.45) is 0 Å². The Morgan fingerprint density at radius 3 is 2.92 bits per heavy atom. The molecule has 2 heterocycles. The standard InChI is InChI=1S/C15H14ClN3O4S/c16-9-1-2-10-8(5-9)6-11(18-10)13(21)17-7-12(20)19-3-4-24-14(19)15(22)23/h1-2,5-6,14,18H,3-4,7H2,(H,17,21)(H,22,23). The molecule has 126 valence electrons. The summed E-state index contributed by atoms with van der Waals surface area (Å²) < 4.78 is 0. The number of hydrogen-bond donors (Lipinski definition) is 3. The monoisotopic (exact) mass is 367 g/mol. The second-order valence-corrected chi connectivity index (χ2v) is 6.87. The summed E-state index contributed by atoms with van der Waals surface area (Å²) in [5.41, 5.74) is 1.07. The second-order valence-electron chi connectivity index (χ2n) is 5.25. The van der Waals surface area contributed by atoms with Crippen molar-refractivity contribution in [3.63, 3.8) is 0 Å². The summed E-state index contributed by atoms with van der Waals surface area (Å²) in [7, 11) is 0. The van der Waals surface area contributed by atoms with Crippen LogP contribution in [0.25, 0.3) is 10.9 Å². The molecule has 0 saturated carbocycles. The molecule has 1 aliphatic heterocycles. The molecule has 1 fully saturated rings. The van der Waals surface area contributed by atoms with Crippen LogP contribution >= 0.6 is 23.4 Å². The molecule has 0 radical (unpaired) electrons. The number of nitrogens with zero attached hydrogens (tertiary/aromatic N) is 1. The number of carbonyl (C=O) groups is 3. The Morgan fingerprint density at radius 2 is 2.17 bits per heavy atom. The van der Waals surface area contributed by atoms with E-state index < -0.39 is 23.2 Å². The summed E-state index contributed by atoms with van der Waals surface area (Å²) in [4.78, 5) is 39.6. The van der Waals surface area contributed by atoms with Gasteiger partial charge in [0.15, 0.2) is 5.37 Å². The van der Waals surface area contributed by atoms with Gasteiger partial charge in [0, 0.05) is 28.2 Å². The van der Waals surface area contributed by atoms with Crippen LogP contribution in [0, 0.1) is 0 Å². The molecule has 9 heteroatoms. The minimum absolute atomic E-state index is 0.251. The van der Waals surface area contributed by atoms with Crippen LogP contribution in [-0.4, -0.2) is 57.0 Å². The third kappa shape index (κ3) is 3.34. The van der Waals surface area contributed by atoms with Gasteiger partial charge in [-0.25, -0.2) is 4.79 Å². The van der Waals surface area contributed by atoms with Crippen LogP contribution in [0.3, 0.4) is 0 Å². The SMILES string of the molecule is O=C(NCC(=O)N1CCSC1C(=O)O)c1cc2cc(Cl)ccc2[nH]1. The van der Waals surface area contributed by atoms with Crippen molar-refractivity contribution in [3.8, 4) is 0 Å². The summed E-state index contributed by atoms with van der Waals surface area (Å²) in [6.45, 7) is 0.112. The molecule has 7 nitrogen and oxygen atoms in total. The van der Waals surface area contributed by atoms with Crippen LogP contribution in [-0.2, 0) is 9.59 Å². The number of carboxylic acids is 1. The molecule has 2 aromatic rings. The van der Waals surface area contributed by atoms with Crippen molar-refractivity contribution in [3.05, 3.63) is 35.0 Å². The lowest BCUT2D eigenvalue weighted by Crippen LogP contribution is -2.44. The minimum atomic E-state index is -1.05. The van der Waals surface area contributed by atoms with Crippen molar-refractivity contribution < 1.29 is 19.5 Å². The van der Waals surface area contributed by atoms with E-state index in [4.69, 9.17) is 16.7 Å². The van der Waals surface area contributed by atoms with Gasteiger partial charge in [0.05, 0.1) is 6.54 Å². The van der Waals surface area contributed by atoms with Gasteiger partial charge in [0.1, 0.15) is 5.69 Å². The molecule has 1 aromatic carbocycles. The molecule has 3 N–H and O–H groups in total. The van der Waals surface area contributed by atoms with E-state index in [1.54, 1.807) is 24.3 Å². The quantitative estimate of drug-likeness (QED) is 0.760. The van der Waals surface area contributed by atoms with Gasteiger partial charge in [-0.05, 0) is 24.3 Å². The average molecular weight is 368 g/mol. The van der Waals surface area contributed by atoms with Crippen LogP contribution in [0.1, 0.15) is 10.5 Å². The van der Waals surface area contributed by atoms with Gasteiger partial charge in [-0.3, -0.25) is 9.59 Å². The molecule has 2 amide bonds. The van der Waals surface area contributed by atoms with Crippen LogP contribution < -0.4 is 5.32 Å². The van der Waals surface area contributed by atoms with E-state index in [1.807, 2.05) is 0 Å². The Hall–Kier alpha value is -2.19. The Labute approximate surface area is 146 Å². The zero-order valence-electron chi connectivity index (χ0n) is 12.4. The smallest absolute Gasteiger partial charge is 0.337 e. The number of nitrogens with one attached hydrogen (secondary N) is 2. The number of benzene rings is 1. The molecule has 0 spiro atoms. The number of H-pyrrole nitrogens is 1. The Bertz CT molecular complexity index is 822. The number of fused-ring (bicyclic) bond motifs is 1. The fraction of sp³-hybridized carbons (Fsp3) is 0.267. The molecule has 3 rings (SSSR count). The Balaban J connectivity index is 1.64. The number of aromatic nitrogens is 1. The van der Waals surface area contributed by atoms with E-state index in [0.717, 1.165) is 10.9 Å². The van der Waals surface area contributed by atoms with Gasteiger partial charge in [-0.1, -0.05) is 11.6 Å². The number of halogens is 1. The van der Waals surface area contributed by atoms with Crippen LogP contribution in [0.2, 0.25) is 5.02 Å². The lowest BCUT2D eigenvalue weighted by atomic mass is 10.2. The van der Waals surface area contributed by atoms with Gasteiger partial charge in [0.25, 0.3) is 5.91 Å². The van der Waals surface area contributed by atoms with E-state index in [1.165, 1.54) is 16.7 Å². The molecule has 1 aliphatic rings. The first kappa shape index (κ1) is 16.7. The van der Waals surface area contributed by atoms with Crippen LogP contribution in [0.15, 0.2) is 24.3 Å². The number of carbonyl (C=O) groups excluding carboxylic acids is 2. The van der Waals surface area contributed by atoms with Crippen LogP contribution in [0.5, 0.6) is 0 Å². The zero-order valence-corrected chi connectivity index (χ0v) is 14.0. The van der Waals surface area contributed by atoms with E-state index in [9.17, 15) is 14.4 Å². The van der Waals surface area contributed by atoms with Gasteiger partial charge in [-0.15, -0.1) is 11.8 Å². The third-order valence-corrected chi connectivity index (χ3v) is 5.08. The molecular formula is C15H14ClN3O4S. The fourth-order valence-electron chi connectivity index (χ4n) is 2.51. The third-order valence-electron chi connectivity index (χ3n) is 3.65. The molecule has 1 saturated heterocycles. The minimum Gasteiger partial charge on any atom is -0.479 e. The van der Waals surface area contributed by atoms with E-state index in [2.05, 4.69) is 10.3 Å². The number of hydrogen-bond acceptors (Lipinski definition) is 4. The molecule has 1 unspecified atom stereocenters. The molecule has 0 aliphatic carbocycles. The summed E-state index contributed by atoms with van der Waals surface area (Å²) in [6, 6.07) is 6.85. The van der Waals surface area contributed by atoms with Gasteiger partial charge in [-0.2, -0.15) is 0 Å². The predicted molar refractivity (Wildman–Crippen MR) is 91.2 cm³/mol. The summed E-state index contributed by atoms with van der Waals surface area (Å²) in [6.07, 6.45) is 0. The van der Waals surface area contributed by atoms with Gasteiger partial charge < -0.3 is 20.3 Å². The Kier molecular flexibility index (Phi) is 4.68. The van der Waals surface area contributed by atoms with Crippen molar-refractivity contribution in [2.75, 3.05) is 18.8 Å². The first-order chi connectivity index (χ1) is 11.5. The normalized spacial score (nSPS) is 17.2. The molecular weight excluding hydrogens is 354 g/mol. The van der Waals surface area contributed by atoms with Gasteiger partial charge >= 0.3 is 5.97 Å². The molecule has 24 heavy (non-hydrogen) atoms.